The summed E-state index contributed by atoms with van der Waals surface area (Å²) in [5.74, 6) is -1.68. The number of amides is 1. The van der Waals surface area contributed by atoms with Gasteiger partial charge in [0.1, 0.15) is 12.5 Å². The maximum absolute atomic E-state index is 12.0. The molecule has 0 heterocycles. The van der Waals surface area contributed by atoms with Crippen LogP contribution >= 0.6 is 0 Å². The van der Waals surface area contributed by atoms with E-state index in [1.54, 1.807) is 6.07 Å². The van der Waals surface area contributed by atoms with E-state index >= 15 is 0 Å². The van der Waals surface area contributed by atoms with Crippen molar-refractivity contribution >= 4 is 12.1 Å². The maximum atomic E-state index is 12.0. The average Bonchev–Trinajstić information content (AvgIpc) is 2.91. The van der Waals surface area contributed by atoms with E-state index in [1.807, 2.05) is 48.5 Å². The number of nitrogens with one attached hydrogen (secondary N) is 1. The second kappa shape index (κ2) is 6.52. The van der Waals surface area contributed by atoms with Crippen LogP contribution in [0, 0.1) is 0 Å². The number of aliphatic carboxylic acids is 1. The van der Waals surface area contributed by atoms with E-state index in [0.717, 1.165) is 16.7 Å². The van der Waals surface area contributed by atoms with Gasteiger partial charge in [-0.1, -0.05) is 54.6 Å². The third-order valence-corrected chi connectivity index (χ3v) is 4.01. The van der Waals surface area contributed by atoms with Gasteiger partial charge >= 0.3 is 12.1 Å². The first-order valence-corrected chi connectivity index (χ1v) is 7.43. The van der Waals surface area contributed by atoms with Crippen LogP contribution in [0.15, 0.2) is 54.6 Å². The molecule has 2 N–H and O–H groups in total. The highest BCUT2D eigenvalue weighted by Crippen LogP contribution is 2.33. The van der Waals surface area contributed by atoms with Gasteiger partial charge in [-0.05, 0) is 23.1 Å². The van der Waals surface area contributed by atoms with E-state index in [0.29, 0.717) is 6.42 Å². The molecule has 118 valence electrons. The molecule has 0 saturated carbocycles. The molecule has 2 aromatic rings. The van der Waals surface area contributed by atoms with Gasteiger partial charge in [0.25, 0.3) is 0 Å². The zero-order valence-corrected chi connectivity index (χ0v) is 12.4. The van der Waals surface area contributed by atoms with Crippen molar-refractivity contribution < 1.29 is 19.4 Å². The number of ether oxygens (including phenoxy) is 1. The van der Waals surface area contributed by atoms with Gasteiger partial charge in [0.2, 0.25) is 0 Å². The Hall–Kier alpha value is -2.82. The molecule has 5 nitrogen and oxygen atoms in total. The van der Waals surface area contributed by atoms with Crippen LogP contribution in [0.25, 0.3) is 0 Å². The second-order valence-corrected chi connectivity index (χ2v) is 5.53. The number of benzene rings is 2. The molecule has 2 unspecified atom stereocenters. The fourth-order valence-corrected chi connectivity index (χ4v) is 2.95. The minimum atomic E-state index is -0.941. The molecule has 1 aliphatic rings. The summed E-state index contributed by atoms with van der Waals surface area (Å²) in [6.45, 7) is 0.157. The van der Waals surface area contributed by atoms with E-state index in [2.05, 4.69) is 5.32 Å². The molecule has 23 heavy (non-hydrogen) atoms. The number of hydrogen-bond donors (Lipinski definition) is 2. The Labute approximate surface area is 133 Å². The molecule has 5 heteroatoms. The molecule has 2 aromatic carbocycles. The Kier molecular flexibility index (Phi) is 4.28. The van der Waals surface area contributed by atoms with Crippen LogP contribution in [-0.4, -0.2) is 23.2 Å². The van der Waals surface area contributed by atoms with Gasteiger partial charge in [0.15, 0.2) is 0 Å². The van der Waals surface area contributed by atoms with Crippen LogP contribution in [-0.2, 0) is 22.6 Å². The van der Waals surface area contributed by atoms with Gasteiger partial charge in [-0.25, -0.2) is 4.79 Å². The zero-order chi connectivity index (χ0) is 16.2. The van der Waals surface area contributed by atoms with Crippen LogP contribution in [0.3, 0.4) is 0 Å². The Balaban J connectivity index is 1.63. The van der Waals surface area contributed by atoms with Crippen molar-refractivity contribution in [2.24, 2.45) is 0 Å². The molecule has 0 radical (unpaired) electrons. The lowest BCUT2D eigenvalue weighted by Gasteiger charge is -2.18. The van der Waals surface area contributed by atoms with Crippen molar-refractivity contribution in [1.29, 1.82) is 0 Å². The number of carbonyl (C=O) groups is 2. The van der Waals surface area contributed by atoms with Crippen molar-refractivity contribution in [3.8, 4) is 0 Å². The van der Waals surface area contributed by atoms with Gasteiger partial charge in [0, 0.05) is 0 Å². The van der Waals surface area contributed by atoms with Crippen molar-refractivity contribution in [3.63, 3.8) is 0 Å². The average molecular weight is 311 g/mol. The molecular weight excluding hydrogens is 294 g/mol. The van der Waals surface area contributed by atoms with Gasteiger partial charge in [-0.2, -0.15) is 0 Å². The summed E-state index contributed by atoms with van der Waals surface area (Å²) >= 11 is 0. The van der Waals surface area contributed by atoms with Gasteiger partial charge < -0.3 is 15.2 Å². The standard InChI is InChI=1S/C18H17NO4/c20-17(21)16-14-9-5-4-8-13(14)10-15(16)19-18(22)23-11-12-6-2-1-3-7-12/h1-9,15-16H,10-11H2,(H,19,22)(H,20,21). The van der Waals surface area contributed by atoms with E-state index < -0.39 is 24.0 Å². The smallest absolute Gasteiger partial charge is 0.407 e. The highest BCUT2D eigenvalue weighted by atomic mass is 16.5. The van der Waals surface area contributed by atoms with Crippen molar-refractivity contribution in [1.82, 2.24) is 5.32 Å². The number of alkyl carbamates (subject to hydrolysis) is 1. The summed E-state index contributed by atoms with van der Waals surface area (Å²) in [6, 6.07) is 16.2. The number of rotatable bonds is 4. The Morgan fingerprint density at radius 2 is 1.78 bits per heavy atom. The van der Waals surface area contributed by atoms with Crippen LogP contribution < -0.4 is 5.32 Å². The molecule has 1 amide bonds. The van der Waals surface area contributed by atoms with E-state index in [1.165, 1.54) is 0 Å². The maximum Gasteiger partial charge on any atom is 0.407 e. The Morgan fingerprint density at radius 1 is 1.09 bits per heavy atom. The molecule has 3 rings (SSSR count). The second-order valence-electron chi connectivity index (χ2n) is 5.53. The minimum absolute atomic E-state index is 0.157. The summed E-state index contributed by atoms with van der Waals surface area (Å²) in [5, 5.41) is 12.1. The van der Waals surface area contributed by atoms with Crippen molar-refractivity contribution in [2.45, 2.75) is 25.0 Å². The first-order valence-electron chi connectivity index (χ1n) is 7.43. The number of carboxylic acid groups (broad SMARTS) is 1. The van der Waals surface area contributed by atoms with Crippen LogP contribution in [0.1, 0.15) is 22.6 Å². The largest absolute Gasteiger partial charge is 0.481 e. The minimum Gasteiger partial charge on any atom is -0.481 e. The van der Waals surface area contributed by atoms with Gasteiger partial charge in [0.05, 0.1) is 6.04 Å². The fourth-order valence-electron chi connectivity index (χ4n) is 2.95. The summed E-state index contributed by atoms with van der Waals surface area (Å²) in [7, 11) is 0. The number of fused-ring (bicyclic) bond motifs is 1. The zero-order valence-electron chi connectivity index (χ0n) is 12.4. The molecule has 0 fully saturated rings. The van der Waals surface area contributed by atoms with E-state index in [-0.39, 0.29) is 6.61 Å². The molecule has 0 spiro atoms. The molecule has 0 bridgehead atoms. The van der Waals surface area contributed by atoms with Crippen LogP contribution in [0.4, 0.5) is 4.79 Å². The van der Waals surface area contributed by atoms with Crippen LogP contribution in [0.5, 0.6) is 0 Å². The highest BCUT2D eigenvalue weighted by molar-refractivity contribution is 5.80. The summed E-state index contributed by atoms with van der Waals surface area (Å²) in [6.07, 6.45) is -0.106. The first-order chi connectivity index (χ1) is 11.1. The van der Waals surface area contributed by atoms with Crippen molar-refractivity contribution in [3.05, 3.63) is 71.3 Å². The number of hydrogen-bond acceptors (Lipinski definition) is 3. The summed E-state index contributed by atoms with van der Waals surface area (Å²) < 4.78 is 5.17. The topological polar surface area (TPSA) is 75.6 Å². The molecule has 1 aliphatic carbocycles. The Morgan fingerprint density at radius 3 is 2.52 bits per heavy atom. The number of carbonyl (C=O) groups excluding carboxylic acids is 1. The predicted molar refractivity (Wildman–Crippen MR) is 84.1 cm³/mol. The first kappa shape index (κ1) is 15.1. The van der Waals surface area contributed by atoms with Gasteiger partial charge in [-0.15, -0.1) is 0 Å². The lowest BCUT2D eigenvalue weighted by atomic mass is 9.99. The predicted octanol–water partition coefficient (Wildman–Crippen LogP) is 2.71. The third kappa shape index (κ3) is 3.34. The quantitative estimate of drug-likeness (QED) is 0.910. The lowest BCUT2D eigenvalue weighted by Crippen LogP contribution is -2.40. The normalized spacial score (nSPS) is 19.0. The SMILES string of the molecule is O=C(NC1Cc2ccccc2C1C(=O)O)OCc1ccccc1. The monoisotopic (exact) mass is 311 g/mol. The van der Waals surface area contributed by atoms with E-state index in [9.17, 15) is 14.7 Å². The van der Waals surface area contributed by atoms with E-state index in [4.69, 9.17) is 4.74 Å². The molecule has 0 aliphatic heterocycles. The Bertz CT molecular complexity index is 714. The lowest BCUT2D eigenvalue weighted by molar-refractivity contribution is -0.139. The molecular formula is C18H17NO4. The third-order valence-electron chi connectivity index (χ3n) is 4.01. The van der Waals surface area contributed by atoms with Crippen LogP contribution in [0.2, 0.25) is 0 Å². The number of carboxylic acids is 1. The van der Waals surface area contributed by atoms with Gasteiger partial charge in [-0.3, -0.25) is 4.79 Å². The fraction of sp³-hybridized carbons (Fsp3) is 0.222. The van der Waals surface area contributed by atoms with Crippen molar-refractivity contribution in [2.75, 3.05) is 0 Å². The molecule has 0 saturated heterocycles. The molecule has 0 aromatic heterocycles. The molecule has 2 atom stereocenters. The highest BCUT2D eigenvalue weighted by Gasteiger charge is 2.38. The summed E-state index contributed by atoms with van der Waals surface area (Å²) in [5.41, 5.74) is 2.59. The summed E-state index contributed by atoms with van der Waals surface area (Å²) in [4.78, 5) is 23.5.